The predicted molar refractivity (Wildman–Crippen MR) is 75.7 cm³/mol. The SMILES string of the molecule is CCC(C)(C)c1c(C(C)C)ccnc1C(C)C. The molecule has 0 atom stereocenters. The Hall–Kier alpha value is -0.850. The Kier molecular flexibility index (Phi) is 4.35. The number of nitrogens with zero attached hydrogens (tertiary/aromatic N) is 1. The Morgan fingerprint density at radius 2 is 1.71 bits per heavy atom. The van der Waals surface area contributed by atoms with Gasteiger partial charge in [0.05, 0.1) is 0 Å². The van der Waals surface area contributed by atoms with E-state index in [1.807, 2.05) is 6.20 Å². The summed E-state index contributed by atoms with van der Waals surface area (Å²) >= 11 is 0. The molecule has 0 aliphatic rings. The second kappa shape index (κ2) is 5.20. The van der Waals surface area contributed by atoms with Crippen LogP contribution in [0, 0.1) is 0 Å². The Morgan fingerprint density at radius 1 is 1.12 bits per heavy atom. The van der Waals surface area contributed by atoms with Gasteiger partial charge in [-0.05, 0) is 40.9 Å². The molecule has 1 heteroatoms. The molecule has 1 aromatic rings. The minimum absolute atomic E-state index is 0.216. The summed E-state index contributed by atoms with van der Waals surface area (Å²) in [5.74, 6) is 1.06. The summed E-state index contributed by atoms with van der Waals surface area (Å²) in [6.07, 6.45) is 3.12. The third-order valence-electron chi connectivity index (χ3n) is 3.74. The molecule has 0 aliphatic carbocycles. The quantitative estimate of drug-likeness (QED) is 0.712. The third-order valence-corrected chi connectivity index (χ3v) is 3.74. The molecule has 0 aromatic carbocycles. The van der Waals surface area contributed by atoms with Crippen LogP contribution in [-0.2, 0) is 5.41 Å². The summed E-state index contributed by atoms with van der Waals surface area (Å²) in [6, 6.07) is 2.20. The van der Waals surface area contributed by atoms with Gasteiger partial charge in [0, 0.05) is 11.9 Å². The highest BCUT2D eigenvalue weighted by Crippen LogP contribution is 2.37. The zero-order valence-electron chi connectivity index (χ0n) is 12.5. The molecule has 0 saturated carbocycles. The smallest absolute Gasteiger partial charge is 0.0469 e. The Labute approximate surface area is 107 Å². The van der Waals surface area contributed by atoms with E-state index in [0.29, 0.717) is 11.8 Å². The van der Waals surface area contributed by atoms with E-state index in [-0.39, 0.29) is 5.41 Å². The number of hydrogen-bond acceptors (Lipinski definition) is 1. The van der Waals surface area contributed by atoms with E-state index >= 15 is 0 Å². The van der Waals surface area contributed by atoms with Crippen molar-refractivity contribution in [1.82, 2.24) is 4.98 Å². The number of rotatable bonds is 4. The molecule has 96 valence electrons. The summed E-state index contributed by atoms with van der Waals surface area (Å²) in [5.41, 5.74) is 4.44. The molecule has 0 unspecified atom stereocenters. The van der Waals surface area contributed by atoms with Crippen molar-refractivity contribution >= 4 is 0 Å². The van der Waals surface area contributed by atoms with Gasteiger partial charge in [0.2, 0.25) is 0 Å². The van der Waals surface area contributed by atoms with Gasteiger partial charge in [0.15, 0.2) is 0 Å². The number of aromatic nitrogens is 1. The maximum absolute atomic E-state index is 4.64. The molecular weight excluding hydrogens is 206 g/mol. The minimum atomic E-state index is 0.216. The molecule has 1 aromatic heterocycles. The van der Waals surface area contributed by atoms with Crippen molar-refractivity contribution < 1.29 is 0 Å². The topological polar surface area (TPSA) is 12.9 Å². The van der Waals surface area contributed by atoms with Gasteiger partial charge in [-0.3, -0.25) is 4.98 Å². The molecule has 0 radical (unpaired) electrons. The highest BCUT2D eigenvalue weighted by Gasteiger charge is 2.27. The van der Waals surface area contributed by atoms with Crippen LogP contribution in [0.25, 0.3) is 0 Å². The monoisotopic (exact) mass is 233 g/mol. The molecule has 1 heterocycles. The molecule has 0 amide bonds. The van der Waals surface area contributed by atoms with Crippen LogP contribution in [0.5, 0.6) is 0 Å². The van der Waals surface area contributed by atoms with Crippen molar-refractivity contribution in [1.29, 1.82) is 0 Å². The normalized spacial score (nSPS) is 12.5. The summed E-state index contributed by atoms with van der Waals surface area (Å²) in [5, 5.41) is 0. The highest BCUT2D eigenvalue weighted by atomic mass is 14.7. The van der Waals surface area contributed by atoms with Crippen LogP contribution in [0.2, 0.25) is 0 Å². The van der Waals surface area contributed by atoms with Gasteiger partial charge in [-0.2, -0.15) is 0 Å². The first-order chi connectivity index (χ1) is 7.81. The lowest BCUT2D eigenvalue weighted by Gasteiger charge is -2.31. The van der Waals surface area contributed by atoms with E-state index in [4.69, 9.17) is 0 Å². The fourth-order valence-electron chi connectivity index (χ4n) is 2.33. The van der Waals surface area contributed by atoms with Gasteiger partial charge in [-0.1, -0.05) is 48.5 Å². The van der Waals surface area contributed by atoms with Crippen molar-refractivity contribution in [2.75, 3.05) is 0 Å². The van der Waals surface area contributed by atoms with Crippen LogP contribution in [0.15, 0.2) is 12.3 Å². The number of hydrogen-bond donors (Lipinski definition) is 0. The first-order valence-corrected chi connectivity index (χ1v) is 6.80. The van der Waals surface area contributed by atoms with Crippen LogP contribution < -0.4 is 0 Å². The fraction of sp³-hybridized carbons (Fsp3) is 0.688. The minimum Gasteiger partial charge on any atom is -0.261 e. The van der Waals surface area contributed by atoms with Crippen LogP contribution in [0.1, 0.15) is 83.5 Å². The van der Waals surface area contributed by atoms with Crippen LogP contribution in [0.4, 0.5) is 0 Å². The van der Waals surface area contributed by atoms with Crippen molar-refractivity contribution in [3.8, 4) is 0 Å². The summed E-state index contributed by atoms with van der Waals surface area (Å²) in [6.45, 7) is 16.0. The van der Waals surface area contributed by atoms with E-state index in [1.54, 1.807) is 0 Å². The van der Waals surface area contributed by atoms with E-state index < -0.39 is 0 Å². The molecule has 0 aliphatic heterocycles. The van der Waals surface area contributed by atoms with Gasteiger partial charge in [-0.15, -0.1) is 0 Å². The van der Waals surface area contributed by atoms with Gasteiger partial charge in [0.1, 0.15) is 0 Å². The molecule has 0 spiro atoms. The largest absolute Gasteiger partial charge is 0.261 e. The van der Waals surface area contributed by atoms with E-state index in [9.17, 15) is 0 Å². The molecular formula is C16H27N. The Balaban J connectivity index is 3.50. The molecule has 0 N–H and O–H groups in total. The molecule has 1 rings (SSSR count). The molecule has 0 saturated heterocycles. The third kappa shape index (κ3) is 2.88. The highest BCUT2D eigenvalue weighted by molar-refractivity contribution is 5.39. The summed E-state index contributed by atoms with van der Waals surface area (Å²) < 4.78 is 0. The maximum Gasteiger partial charge on any atom is 0.0469 e. The van der Waals surface area contributed by atoms with Crippen LogP contribution in [0.3, 0.4) is 0 Å². The second-order valence-corrected chi connectivity index (χ2v) is 6.21. The summed E-state index contributed by atoms with van der Waals surface area (Å²) in [7, 11) is 0. The molecule has 1 nitrogen and oxygen atoms in total. The van der Waals surface area contributed by atoms with Crippen LogP contribution >= 0.6 is 0 Å². The van der Waals surface area contributed by atoms with Crippen molar-refractivity contribution in [3.63, 3.8) is 0 Å². The van der Waals surface area contributed by atoms with Gasteiger partial charge in [-0.25, -0.2) is 0 Å². The van der Waals surface area contributed by atoms with E-state index in [1.165, 1.54) is 16.8 Å². The maximum atomic E-state index is 4.64. The Morgan fingerprint density at radius 3 is 2.12 bits per heavy atom. The second-order valence-electron chi connectivity index (χ2n) is 6.21. The zero-order valence-corrected chi connectivity index (χ0v) is 12.5. The average Bonchev–Trinajstić information content (AvgIpc) is 2.27. The number of pyridine rings is 1. The standard InChI is InChI=1S/C16H27N/c1-8-16(6,7)14-13(11(2)3)9-10-17-15(14)12(4)5/h9-12H,8H2,1-7H3. The van der Waals surface area contributed by atoms with E-state index in [0.717, 1.165) is 6.42 Å². The predicted octanol–water partition coefficient (Wildman–Crippen LogP) is 5.02. The lowest BCUT2D eigenvalue weighted by atomic mass is 9.75. The molecule has 0 fully saturated rings. The lowest BCUT2D eigenvalue weighted by molar-refractivity contribution is 0.486. The van der Waals surface area contributed by atoms with E-state index in [2.05, 4.69) is 59.5 Å². The first kappa shape index (κ1) is 14.2. The molecule has 0 bridgehead atoms. The Bertz CT molecular complexity index is 349. The average molecular weight is 233 g/mol. The van der Waals surface area contributed by atoms with Crippen molar-refractivity contribution in [2.45, 2.75) is 72.1 Å². The lowest BCUT2D eigenvalue weighted by Crippen LogP contribution is -2.22. The van der Waals surface area contributed by atoms with Gasteiger partial charge in [0.25, 0.3) is 0 Å². The molecule has 17 heavy (non-hydrogen) atoms. The zero-order chi connectivity index (χ0) is 13.2. The first-order valence-electron chi connectivity index (χ1n) is 6.80. The van der Waals surface area contributed by atoms with Crippen molar-refractivity contribution in [3.05, 3.63) is 29.1 Å². The van der Waals surface area contributed by atoms with Gasteiger partial charge < -0.3 is 0 Å². The van der Waals surface area contributed by atoms with Crippen molar-refractivity contribution in [2.24, 2.45) is 0 Å². The summed E-state index contributed by atoms with van der Waals surface area (Å²) in [4.78, 5) is 4.64. The van der Waals surface area contributed by atoms with Gasteiger partial charge >= 0.3 is 0 Å². The van der Waals surface area contributed by atoms with Crippen LogP contribution in [-0.4, -0.2) is 4.98 Å². The fourth-order valence-corrected chi connectivity index (χ4v) is 2.33.